The Bertz CT molecular complexity index is 2610. The number of aromatic nitrogens is 7. The highest BCUT2D eigenvalue weighted by Gasteiger charge is 2.38. The summed E-state index contributed by atoms with van der Waals surface area (Å²) in [6.07, 6.45) is 14.9. The Hall–Kier alpha value is -5.91. The van der Waals surface area contributed by atoms with Crippen molar-refractivity contribution in [2.45, 2.75) is 127 Å². The number of imide groups is 1. The number of nitrogens with one attached hydrogen (secondary N) is 2. The summed E-state index contributed by atoms with van der Waals surface area (Å²) in [6, 6.07) is 1.82. The van der Waals surface area contributed by atoms with Gasteiger partial charge in [0.15, 0.2) is 17.2 Å². The highest BCUT2D eigenvalue weighted by Crippen LogP contribution is 2.48. The van der Waals surface area contributed by atoms with Crippen LogP contribution in [0.4, 0.5) is 20.3 Å². The molecule has 66 heavy (non-hydrogen) atoms. The summed E-state index contributed by atoms with van der Waals surface area (Å²) in [5, 5.41) is 15.2. The van der Waals surface area contributed by atoms with Gasteiger partial charge in [-0.1, -0.05) is 18.0 Å². The van der Waals surface area contributed by atoms with Gasteiger partial charge in [0.25, 0.3) is 0 Å². The van der Waals surface area contributed by atoms with E-state index >= 15 is 8.78 Å². The second-order valence-electron chi connectivity index (χ2n) is 20.3. The van der Waals surface area contributed by atoms with Gasteiger partial charge in [-0.05, 0) is 121 Å². The van der Waals surface area contributed by atoms with E-state index < -0.39 is 23.6 Å². The molecule has 5 fully saturated rings. The number of piperidine rings is 2. The van der Waals surface area contributed by atoms with E-state index in [0.717, 1.165) is 75.9 Å². The zero-order valence-corrected chi connectivity index (χ0v) is 37.9. The second kappa shape index (κ2) is 17.7. The van der Waals surface area contributed by atoms with E-state index in [4.69, 9.17) is 25.3 Å². The molecule has 3 saturated heterocycles. The van der Waals surface area contributed by atoms with Crippen LogP contribution in [0.25, 0.3) is 33.8 Å². The molecule has 3 amide bonds. The van der Waals surface area contributed by atoms with Crippen molar-refractivity contribution in [3.05, 3.63) is 59.4 Å². The maximum Gasteiger partial charge on any atom is 0.249 e. The van der Waals surface area contributed by atoms with Gasteiger partial charge in [0.2, 0.25) is 17.7 Å². The van der Waals surface area contributed by atoms with Crippen LogP contribution < -0.4 is 16.4 Å². The van der Waals surface area contributed by atoms with Crippen molar-refractivity contribution in [3.8, 4) is 22.8 Å². The lowest BCUT2D eigenvalue weighted by molar-refractivity contribution is -0.136. The zero-order chi connectivity index (χ0) is 45.9. The van der Waals surface area contributed by atoms with Gasteiger partial charge in [0.05, 0.1) is 16.5 Å². The minimum absolute atomic E-state index is 0.120. The van der Waals surface area contributed by atoms with E-state index in [9.17, 15) is 14.4 Å². The normalized spacial score (nSPS) is 22.4. The molecule has 18 heteroatoms. The average Bonchev–Trinajstić information content (AvgIpc) is 3.89. The molecule has 0 spiro atoms. The van der Waals surface area contributed by atoms with Crippen LogP contribution in [0.2, 0.25) is 0 Å². The molecule has 1 aromatic carbocycles. The van der Waals surface area contributed by atoms with Crippen LogP contribution in [0, 0.1) is 23.5 Å². The molecule has 10 rings (SSSR count). The first-order chi connectivity index (χ1) is 31.8. The van der Waals surface area contributed by atoms with Gasteiger partial charge in [-0.3, -0.25) is 19.7 Å². The van der Waals surface area contributed by atoms with Crippen LogP contribution in [0.5, 0.6) is 0 Å². The Morgan fingerprint density at radius 2 is 1.58 bits per heavy atom. The standard InChI is InChI=1S/C48H58F2N12O4/c1-48(2,3)62-46-40(44(51)54-25-55-46)41(58-62)42-39(43(66-59-42)29-9-10-29)45-52-20-30(21-53-45)31-23-61(24-31)37(64)13-8-26-4-6-27(7-5-26)22-60-16-14-28(15-17-60)38-33(49)18-32(19-34(38)50)56-35-11-12-36(63)57-47(35)65/h18-21,25-29,31,35,56H,4-17,22-24H2,1-3H3,(H2,51,54,55)(H,57,63,65)/t26?,27?,35-/m1/s1. The smallest absolute Gasteiger partial charge is 0.249 e. The number of anilines is 2. The van der Waals surface area contributed by atoms with Crippen molar-refractivity contribution in [2.24, 2.45) is 11.8 Å². The summed E-state index contributed by atoms with van der Waals surface area (Å²) in [4.78, 5) is 59.7. The van der Waals surface area contributed by atoms with E-state index in [0.29, 0.717) is 83.8 Å². The maximum absolute atomic E-state index is 15.3. The first-order valence-corrected chi connectivity index (χ1v) is 23.7. The number of hydrogen-bond acceptors (Lipinski definition) is 13. The average molecular weight is 905 g/mol. The van der Waals surface area contributed by atoms with Crippen molar-refractivity contribution in [2.75, 3.05) is 43.8 Å². The number of hydrogen-bond donors (Lipinski definition) is 3. The molecule has 348 valence electrons. The van der Waals surface area contributed by atoms with Crippen molar-refractivity contribution < 1.29 is 27.7 Å². The third-order valence-corrected chi connectivity index (χ3v) is 14.5. The highest BCUT2D eigenvalue weighted by molar-refractivity contribution is 6.02. The second-order valence-corrected chi connectivity index (χ2v) is 20.3. The Morgan fingerprint density at radius 1 is 0.879 bits per heavy atom. The first kappa shape index (κ1) is 44.0. The summed E-state index contributed by atoms with van der Waals surface area (Å²) < 4.78 is 38.4. The predicted molar refractivity (Wildman–Crippen MR) is 242 cm³/mol. The molecule has 4 N–H and O–H groups in total. The number of halogens is 2. The van der Waals surface area contributed by atoms with Crippen LogP contribution in [0.1, 0.15) is 132 Å². The quantitative estimate of drug-likeness (QED) is 0.108. The van der Waals surface area contributed by atoms with Gasteiger partial charge >= 0.3 is 0 Å². The molecule has 2 aliphatic carbocycles. The number of fused-ring (bicyclic) bond motifs is 1. The number of likely N-dealkylation sites (tertiary alicyclic amines) is 2. The summed E-state index contributed by atoms with van der Waals surface area (Å²) in [6.45, 7) is 10.0. The Balaban J connectivity index is 0.674. The monoisotopic (exact) mass is 904 g/mol. The Kier molecular flexibility index (Phi) is 11.8. The predicted octanol–water partition coefficient (Wildman–Crippen LogP) is 7.04. The maximum atomic E-state index is 15.3. The molecule has 0 bridgehead atoms. The molecular formula is C48H58F2N12O4. The van der Waals surface area contributed by atoms with Crippen molar-refractivity contribution >= 4 is 40.3 Å². The van der Waals surface area contributed by atoms with E-state index in [-0.39, 0.29) is 59.2 Å². The summed E-state index contributed by atoms with van der Waals surface area (Å²) >= 11 is 0. The Labute approximate surface area is 381 Å². The van der Waals surface area contributed by atoms with Crippen LogP contribution in [-0.2, 0) is 19.9 Å². The zero-order valence-electron chi connectivity index (χ0n) is 37.9. The molecule has 5 aliphatic rings. The van der Waals surface area contributed by atoms with Crippen LogP contribution in [0.3, 0.4) is 0 Å². The third-order valence-electron chi connectivity index (χ3n) is 14.5. The number of nitrogen functional groups attached to an aromatic ring is 1. The number of amides is 3. The number of nitrogens with two attached hydrogens (primary N) is 1. The fourth-order valence-corrected chi connectivity index (χ4v) is 10.5. The third kappa shape index (κ3) is 8.87. The minimum atomic E-state index is -0.706. The van der Waals surface area contributed by atoms with Crippen LogP contribution >= 0.6 is 0 Å². The molecule has 1 atom stereocenters. The van der Waals surface area contributed by atoms with E-state index in [1.54, 1.807) is 0 Å². The molecule has 2 saturated carbocycles. The van der Waals surface area contributed by atoms with Gasteiger partial charge in [0, 0.05) is 68.0 Å². The minimum Gasteiger partial charge on any atom is -0.383 e. The Morgan fingerprint density at radius 3 is 2.24 bits per heavy atom. The van der Waals surface area contributed by atoms with Gasteiger partial charge in [-0.15, -0.1) is 0 Å². The van der Waals surface area contributed by atoms with Crippen molar-refractivity contribution in [3.63, 3.8) is 0 Å². The van der Waals surface area contributed by atoms with Gasteiger partial charge in [0.1, 0.15) is 41.2 Å². The molecule has 16 nitrogen and oxygen atoms in total. The molecule has 3 aliphatic heterocycles. The van der Waals surface area contributed by atoms with Crippen molar-refractivity contribution in [1.82, 2.24) is 50.0 Å². The first-order valence-electron chi connectivity index (χ1n) is 23.7. The molecule has 0 unspecified atom stereocenters. The summed E-state index contributed by atoms with van der Waals surface area (Å²) in [7, 11) is 0. The highest BCUT2D eigenvalue weighted by atomic mass is 19.1. The molecular weight excluding hydrogens is 847 g/mol. The fourth-order valence-electron chi connectivity index (χ4n) is 10.5. The van der Waals surface area contributed by atoms with Crippen LogP contribution in [-0.4, -0.2) is 101 Å². The van der Waals surface area contributed by atoms with E-state index in [1.165, 1.54) is 18.5 Å². The fraction of sp³-hybridized carbons (Fsp3) is 0.562. The summed E-state index contributed by atoms with van der Waals surface area (Å²) in [5.74, 6) is 1.07. The van der Waals surface area contributed by atoms with Crippen LogP contribution in [0.15, 0.2) is 35.4 Å². The van der Waals surface area contributed by atoms with Crippen molar-refractivity contribution in [1.29, 1.82) is 0 Å². The topological polar surface area (TPSA) is 203 Å². The summed E-state index contributed by atoms with van der Waals surface area (Å²) in [5.41, 5.74) is 9.73. The lowest BCUT2D eigenvalue weighted by atomic mass is 9.79. The molecule has 5 aromatic rings. The molecule has 7 heterocycles. The lowest BCUT2D eigenvalue weighted by Crippen LogP contribution is -2.48. The molecule has 4 aromatic heterocycles. The number of rotatable bonds is 12. The lowest BCUT2D eigenvalue weighted by Gasteiger charge is -2.40. The van der Waals surface area contributed by atoms with E-state index in [2.05, 4.69) is 51.4 Å². The van der Waals surface area contributed by atoms with Gasteiger partial charge < -0.3 is 25.4 Å². The van der Waals surface area contributed by atoms with E-state index in [1.807, 2.05) is 22.0 Å². The SMILES string of the molecule is CC(C)(C)n1nc(-c2noc(C3CC3)c2-c2ncc(C3CN(C(=O)CCC4CCC(CN5CCC(c6c(F)cc(N[C@@H]7CCC(=O)NC7=O)cc6F)CC5)CC4)C3)cn2)c2c(N)ncnc21. The number of benzene rings is 1. The number of nitrogens with zero attached hydrogens (tertiary/aromatic N) is 9. The van der Waals surface area contributed by atoms with Gasteiger partial charge in [-0.2, -0.15) is 5.10 Å². The largest absolute Gasteiger partial charge is 0.383 e. The number of carbonyl (C=O) groups is 3. The molecule has 0 radical (unpaired) electrons. The number of carbonyl (C=O) groups excluding carboxylic acids is 3. The van der Waals surface area contributed by atoms with Gasteiger partial charge in [-0.25, -0.2) is 33.4 Å².